The quantitative estimate of drug-likeness (QED) is 0.552. The Labute approximate surface area is 98.9 Å². The number of hydrogen-bond donors (Lipinski definition) is 0. The Hall–Kier alpha value is -1.28. The lowest BCUT2D eigenvalue weighted by molar-refractivity contribution is -0.148. The number of esters is 1. The molecule has 2 atom stereocenters. The van der Waals surface area contributed by atoms with Crippen molar-refractivity contribution in [3.8, 4) is 0 Å². The first kappa shape index (κ1) is 9.91. The SMILES string of the molecule is O=C1OCC=C[C@@]12C[C@@H]2c1ccc(Cl)cc1. The van der Waals surface area contributed by atoms with Gasteiger partial charge in [0.05, 0.1) is 5.41 Å². The molecule has 0 unspecified atom stereocenters. The molecule has 0 saturated heterocycles. The molecule has 2 aliphatic rings. The molecule has 2 nitrogen and oxygen atoms in total. The zero-order valence-corrected chi connectivity index (χ0v) is 9.41. The van der Waals surface area contributed by atoms with Gasteiger partial charge in [0.15, 0.2) is 0 Å². The van der Waals surface area contributed by atoms with E-state index in [0.717, 1.165) is 17.0 Å². The minimum atomic E-state index is -0.383. The lowest BCUT2D eigenvalue weighted by atomic mass is 9.97. The molecule has 0 amide bonds. The molecule has 1 aliphatic heterocycles. The largest absolute Gasteiger partial charge is 0.461 e. The summed E-state index contributed by atoms with van der Waals surface area (Å²) in [5, 5.41) is 0.722. The second kappa shape index (κ2) is 3.36. The van der Waals surface area contributed by atoms with Crippen LogP contribution in [0, 0.1) is 5.41 Å². The summed E-state index contributed by atoms with van der Waals surface area (Å²) in [5.74, 6) is 0.170. The summed E-state index contributed by atoms with van der Waals surface area (Å²) in [5.41, 5.74) is 0.777. The van der Waals surface area contributed by atoms with Crippen molar-refractivity contribution in [1.29, 1.82) is 0 Å². The molecular weight excluding hydrogens is 224 g/mol. The number of ether oxygens (including phenoxy) is 1. The molecule has 1 aromatic carbocycles. The van der Waals surface area contributed by atoms with Crippen LogP contribution in [0.1, 0.15) is 17.9 Å². The number of carbonyl (C=O) groups is 1. The minimum Gasteiger partial charge on any atom is -0.461 e. The Morgan fingerprint density at radius 2 is 2.06 bits per heavy atom. The van der Waals surface area contributed by atoms with E-state index < -0.39 is 0 Å². The van der Waals surface area contributed by atoms with E-state index in [2.05, 4.69) is 0 Å². The van der Waals surface area contributed by atoms with Crippen LogP contribution in [0.3, 0.4) is 0 Å². The normalized spacial score (nSPS) is 31.6. The summed E-state index contributed by atoms with van der Waals surface area (Å²) >= 11 is 5.84. The van der Waals surface area contributed by atoms with Crippen LogP contribution < -0.4 is 0 Å². The van der Waals surface area contributed by atoms with Crippen LogP contribution in [0.4, 0.5) is 0 Å². The first-order chi connectivity index (χ1) is 7.72. The molecule has 1 saturated carbocycles. The third-order valence-corrected chi connectivity index (χ3v) is 3.63. The van der Waals surface area contributed by atoms with Gasteiger partial charge in [-0.3, -0.25) is 4.79 Å². The topological polar surface area (TPSA) is 26.3 Å². The van der Waals surface area contributed by atoms with Gasteiger partial charge >= 0.3 is 5.97 Å². The van der Waals surface area contributed by atoms with E-state index in [9.17, 15) is 4.79 Å². The maximum atomic E-state index is 11.7. The van der Waals surface area contributed by atoms with Crippen molar-refractivity contribution in [2.75, 3.05) is 6.61 Å². The molecule has 1 aliphatic carbocycles. The highest BCUT2D eigenvalue weighted by Crippen LogP contribution is 2.61. The highest BCUT2D eigenvalue weighted by molar-refractivity contribution is 6.30. The van der Waals surface area contributed by atoms with Crippen molar-refractivity contribution in [3.05, 3.63) is 47.0 Å². The molecule has 0 radical (unpaired) electrons. The molecule has 16 heavy (non-hydrogen) atoms. The van der Waals surface area contributed by atoms with Crippen LogP contribution in [-0.4, -0.2) is 12.6 Å². The predicted octanol–water partition coefficient (Wildman–Crippen LogP) is 2.93. The van der Waals surface area contributed by atoms with Crippen molar-refractivity contribution >= 4 is 17.6 Å². The van der Waals surface area contributed by atoms with Gasteiger partial charge in [0.2, 0.25) is 0 Å². The van der Waals surface area contributed by atoms with Crippen LogP contribution >= 0.6 is 11.6 Å². The molecule has 0 N–H and O–H groups in total. The van der Waals surface area contributed by atoms with Gasteiger partial charge in [0, 0.05) is 10.9 Å². The van der Waals surface area contributed by atoms with E-state index in [-0.39, 0.29) is 17.3 Å². The van der Waals surface area contributed by atoms with Crippen molar-refractivity contribution < 1.29 is 9.53 Å². The molecule has 0 bridgehead atoms. The van der Waals surface area contributed by atoms with E-state index in [1.165, 1.54) is 0 Å². The van der Waals surface area contributed by atoms with Crippen molar-refractivity contribution in [2.45, 2.75) is 12.3 Å². The van der Waals surface area contributed by atoms with Gasteiger partial charge in [-0.15, -0.1) is 0 Å². The molecule has 82 valence electrons. The van der Waals surface area contributed by atoms with E-state index >= 15 is 0 Å². The first-order valence-corrected chi connectivity index (χ1v) is 5.70. The average molecular weight is 235 g/mol. The Kier molecular flexibility index (Phi) is 2.08. The van der Waals surface area contributed by atoms with Gasteiger partial charge in [0.25, 0.3) is 0 Å². The maximum Gasteiger partial charge on any atom is 0.316 e. The Morgan fingerprint density at radius 3 is 2.75 bits per heavy atom. The van der Waals surface area contributed by atoms with Gasteiger partial charge in [-0.25, -0.2) is 0 Å². The molecule has 3 rings (SSSR count). The summed E-state index contributed by atoms with van der Waals surface area (Å²) < 4.78 is 5.08. The lowest BCUT2D eigenvalue weighted by Crippen LogP contribution is -2.22. The standard InChI is InChI=1S/C13H11ClO2/c14-10-4-2-9(3-5-10)11-8-13(11)6-1-7-16-12(13)15/h1-6,11H,7-8H2/t11-,13+/m1/s1. The van der Waals surface area contributed by atoms with Crippen molar-refractivity contribution in [2.24, 2.45) is 5.41 Å². The summed E-state index contributed by atoms with van der Waals surface area (Å²) in [6.07, 6.45) is 4.78. The van der Waals surface area contributed by atoms with E-state index in [4.69, 9.17) is 16.3 Å². The summed E-state index contributed by atoms with van der Waals surface area (Å²) in [7, 11) is 0. The lowest BCUT2D eigenvalue weighted by Gasteiger charge is -2.16. The molecule has 0 aromatic heterocycles. The second-order valence-corrected chi connectivity index (χ2v) is 4.79. The van der Waals surface area contributed by atoms with E-state index in [0.29, 0.717) is 6.61 Å². The molecule has 3 heteroatoms. The molecule has 1 spiro atoms. The second-order valence-electron chi connectivity index (χ2n) is 4.35. The van der Waals surface area contributed by atoms with Crippen LogP contribution in [0.5, 0.6) is 0 Å². The van der Waals surface area contributed by atoms with Gasteiger partial charge in [-0.1, -0.05) is 35.9 Å². The van der Waals surface area contributed by atoms with Crippen LogP contribution in [-0.2, 0) is 9.53 Å². The predicted molar refractivity (Wildman–Crippen MR) is 61.3 cm³/mol. The number of halogens is 1. The van der Waals surface area contributed by atoms with Gasteiger partial charge < -0.3 is 4.74 Å². The van der Waals surface area contributed by atoms with Crippen molar-refractivity contribution in [3.63, 3.8) is 0 Å². The molecule has 1 aromatic rings. The third-order valence-electron chi connectivity index (χ3n) is 3.38. The minimum absolute atomic E-state index is 0.0880. The third kappa shape index (κ3) is 1.37. The van der Waals surface area contributed by atoms with E-state index in [1.807, 2.05) is 36.4 Å². The molecule has 1 heterocycles. The van der Waals surface area contributed by atoms with E-state index in [1.54, 1.807) is 0 Å². The Morgan fingerprint density at radius 1 is 1.31 bits per heavy atom. The highest BCUT2D eigenvalue weighted by Gasteiger charge is 2.60. The molecule has 1 fully saturated rings. The number of carbonyl (C=O) groups excluding carboxylic acids is 1. The first-order valence-electron chi connectivity index (χ1n) is 5.33. The zero-order chi connectivity index (χ0) is 11.2. The smallest absolute Gasteiger partial charge is 0.316 e. The van der Waals surface area contributed by atoms with Crippen LogP contribution in [0.25, 0.3) is 0 Å². The zero-order valence-electron chi connectivity index (χ0n) is 8.65. The fourth-order valence-electron chi connectivity index (χ4n) is 2.38. The number of rotatable bonds is 1. The number of cyclic esters (lactones) is 1. The summed E-state index contributed by atoms with van der Waals surface area (Å²) in [4.78, 5) is 11.7. The number of benzene rings is 1. The summed E-state index contributed by atoms with van der Waals surface area (Å²) in [6.45, 7) is 0.411. The van der Waals surface area contributed by atoms with Crippen LogP contribution in [0.15, 0.2) is 36.4 Å². The number of hydrogen-bond acceptors (Lipinski definition) is 2. The van der Waals surface area contributed by atoms with Gasteiger partial charge in [0.1, 0.15) is 6.61 Å². The Bertz CT molecular complexity index is 463. The highest BCUT2D eigenvalue weighted by atomic mass is 35.5. The van der Waals surface area contributed by atoms with Crippen LogP contribution in [0.2, 0.25) is 5.02 Å². The average Bonchev–Trinajstić information content (AvgIpc) is 3.00. The Balaban J connectivity index is 1.90. The fourth-order valence-corrected chi connectivity index (χ4v) is 2.51. The van der Waals surface area contributed by atoms with Crippen molar-refractivity contribution in [1.82, 2.24) is 0 Å². The molecular formula is C13H11ClO2. The summed E-state index contributed by atoms with van der Waals surface area (Å²) in [6, 6.07) is 7.69. The van der Waals surface area contributed by atoms with Gasteiger partial charge in [-0.2, -0.15) is 0 Å². The monoisotopic (exact) mass is 234 g/mol. The van der Waals surface area contributed by atoms with Gasteiger partial charge in [-0.05, 0) is 24.1 Å². The maximum absolute atomic E-state index is 11.7. The fraction of sp³-hybridized carbons (Fsp3) is 0.308.